The standard InChI is InChI=1S/C20H18O6/c1-3-25-19(22)20(23)15-10-9-14(24-2)11-17(15)26-18(16(20)12-21)13-7-5-4-6-8-13/h4-12,23H,3H2,1-2H3/t20-/m1/s1. The molecule has 3 rings (SSSR count). The van der Waals surface area contributed by atoms with Gasteiger partial charge >= 0.3 is 5.97 Å². The van der Waals surface area contributed by atoms with Gasteiger partial charge in [-0.15, -0.1) is 0 Å². The van der Waals surface area contributed by atoms with Crippen molar-refractivity contribution >= 4 is 18.0 Å². The van der Waals surface area contributed by atoms with Crippen molar-refractivity contribution in [1.82, 2.24) is 0 Å². The maximum Gasteiger partial charge on any atom is 0.348 e. The van der Waals surface area contributed by atoms with Gasteiger partial charge < -0.3 is 19.3 Å². The third-order valence-corrected chi connectivity index (χ3v) is 4.15. The maximum absolute atomic E-state index is 12.6. The van der Waals surface area contributed by atoms with E-state index in [1.807, 2.05) is 6.07 Å². The van der Waals surface area contributed by atoms with Gasteiger partial charge in [-0.25, -0.2) is 4.79 Å². The molecule has 1 N–H and O–H groups in total. The van der Waals surface area contributed by atoms with E-state index >= 15 is 0 Å². The smallest absolute Gasteiger partial charge is 0.348 e. The van der Waals surface area contributed by atoms with Crippen LogP contribution in [-0.2, 0) is 19.9 Å². The molecule has 26 heavy (non-hydrogen) atoms. The Morgan fingerprint density at radius 3 is 2.58 bits per heavy atom. The molecular formula is C20H18O6. The van der Waals surface area contributed by atoms with E-state index in [4.69, 9.17) is 14.2 Å². The van der Waals surface area contributed by atoms with Crippen LogP contribution in [-0.4, -0.2) is 31.1 Å². The Hall–Kier alpha value is -3.12. The minimum Gasteiger partial charge on any atom is -0.497 e. The highest BCUT2D eigenvalue weighted by atomic mass is 16.6. The van der Waals surface area contributed by atoms with E-state index in [0.29, 0.717) is 17.6 Å². The summed E-state index contributed by atoms with van der Waals surface area (Å²) in [5.74, 6) is -0.150. The number of carbonyl (C=O) groups excluding carboxylic acids is 2. The first kappa shape index (κ1) is 17.7. The highest BCUT2D eigenvalue weighted by molar-refractivity contribution is 6.02. The number of methoxy groups -OCH3 is 1. The number of hydrogen-bond acceptors (Lipinski definition) is 6. The predicted molar refractivity (Wildman–Crippen MR) is 93.6 cm³/mol. The van der Waals surface area contributed by atoms with Crippen LogP contribution in [0, 0.1) is 0 Å². The van der Waals surface area contributed by atoms with Gasteiger partial charge in [0.15, 0.2) is 6.29 Å². The second-order valence-electron chi connectivity index (χ2n) is 5.62. The lowest BCUT2D eigenvalue weighted by Crippen LogP contribution is -2.43. The zero-order chi connectivity index (χ0) is 18.7. The van der Waals surface area contributed by atoms with Crippen molar-refractivity contribution in [2.45, 2.75) is 12.5 Å². The number of aliphatic hydroxyl groups is 1. The number of ether oxygens (including phenoxy) is 3. The molecule has 2 aromatic rings. The molecule has 0 radical (unpaired) electrons. The molecule has 0 saturated carbocycles. The van der Waals surface area contributed by atoms with Gasteiger partial charge in [-0.1, -0.05) is 30.3 Å². The van der Waals surface area contributed by atoms with Gasteiger partial charge in [0.1, 0.15) is 17.3 Å². The van der Waals surface area contributed by atoms with Crippen molar-refractivity contribution in [3.8, 4) is 11.5 Å². The summed E-state index contributed by atoms with van der Waals surface area (Å²) in [5, 5.41) is 11.3. The van der Waals surface area contributed by atoms with Crippen molar-refractivity contribution in [1.29, 1.82) is 0 Å². The predicted octanol–water partition coefficient (Wildman–Crippen LogP) is 2.45. The molecule has 1 aliphatic rings. The SMILES string of the molecule is CCOC(=O)[C@]1(O)C(C=O)=C(c2ccccc2)Oc2cc(OC)ccc21. The fourth-order valence-corrected chi connectivity index (χ4v) is 2.89. The normalized spacial score (nSPS) is 18.6. The fourth-order valence-electron chi connectivity index (χ4n) is 2.89. The van der Waals surface area contributed by atoms with Crippen LogP contribution in [0.3, 0.4) is 0 Å². The molecule has 0 aliphatic carbocycles. The lowest BCUT2D eigenvalue weighted by Gasteiger charge is -2.34. The van der Waals surface area contributed by atoms with Gasteiger partial charge in [-0.3, -0.25) is 4.79 Å². The van der Waals surface area contributed by atoms with Gasteiger partial charge in [0.25, 0.3) is 0 Å². The van der Waals surface area contributed by atoms with Crippen LogP contribution in [0.4, 0.5) is 0 Å². The Morgan fingerprint density at radius 2 is 1.96 bits per heavy atom. The number of carbonyl (C=O) groups is 2. The number of fused-ring (bicyclic) bond motifs is 1. The highest BCUT2D eigenvalue weighted by Crippen LogP contribution is 2.46. The van der Waals surface area contributed by atoms with E-state index in [1.165, 1.54) is 13.2 Å². The van der Waals surface area contributed by atoms with Gasteiger partial charge in [-0.2, -0.15) is 0 Å². The molecule has 0 fully saturated rings. The van der Waals surface area contributed by atoms with E-state index in [1.54, 1.807) is 43.3 Å². The van der Waals surface area contributed by atoms with Crippen molar-refractivity contribution in [2.75, 3.05) is 13.7 Å². The third-order valence-electron chi connectivity index (χ3n) is 4.15. The minimum atomic E-state index is -2.28. The number of benzene rings is 2. The van der Waals surface area contributed by atoms with Crippen LogP contribution < -0.4 is 9.47 Å². The number of hydrogen-bond donors (Lipinski definition) is 1. The molecule has 1 heterocycles. The summed E-state index contributed by atoms with van der Waals surface area (Å²) in [6.45, 7) is 1.68. The molecular weight excluding hydrogens is 336 g/mol. The summed E-state index contributed by atoms with van der Waals surface area (Å²) >= 11 is 0. The van der Waals surface area contributed by atoms with Crippen molar-refractivity contribution in [3.05, 3.63) is 65.2 Å². The van der Waals surface area contributed by atoms with Crippen LogP contribution in [0.1, 0.15) is 18.1 Å². The minimum absolute atomic E-state index is 0.0558. The van der Waals surface area contributed by atoms with Gasteiger partial charge in [0.2, 0.25) is 5.60 Å². The molecule has 0 saturated heterocycles. The van der Waals surface area contributed by atoms with Gasteiger partial charge in [0, 0.05) is 17.2 Å². The number of aldehydes is 1. The molecule has 0 unspecified atom stereocenters. The van der Waals surface area contributed by atoms with Crippen molar-refractivity contribution in [2.24, 2.45) is 0 Å². The van der Waals surface area contributed by atoms with Gasteiger partial charge in [-0.05, 0) is 19.1 Å². The highest BCUT2D eigenvalue weighted by Gasteiger charge is 2.50. The Bertz CT molecular complexity index is 871. The lowest BCUT2D eigenvalue weighted by molar-refractivity contribution is -0.163. The van der Waals surface area contributed by atoms with Crippen molar-refractivity contribution < 1.29 is 28.9 Å². The van der Waals surface area contributed by atoms with Crippen molar-refractivity contribution in [3.63, 3.8) is 0 Å². The molecule has 0 bridgehead atoms. The van der Waals surface area contributed by atoms with Crippen LogP contribution in [0.5, 0.6) is 11.5 Å². The average molecular weight is 354 g/mol. The van der Waals surface area contributed by atoms with E-state index in [2.05, 4.69) is 0 Å². The zero-order valence-corrected chi connectivity index (χ0v) is 14.4. The zero-order valence-electron chi connectivity index (χ0n) is 14.4. The second kappa shape index (κ2) is 7.01. The summed E-state index contributed by atoms with van der Waals surface area (Å²) in [7, 11) is 1.49. The molecule has 1 aliphatic heterocycles. The van der Waals surface area contributed by atoms with E-state index < -0.39 is 11.6 Å². The summed E-state index contributed by atoms with van der Waals surface area (Å²) in [4.78, 5) is 24.5. The Kier molecular flexibility index (Phi) is 4.77. The lowest BCUT2D eigenvalue weighted by atomic mass is 9.82. The van der Waals surface area contributed by atoms with E-state index in [-0.39, 0.29) is 29.3 Å². The monoisotopic (exact) mass is 354 g/mol. The molecule has 134 valence electrons. The fraction of sp³-hybridized carbons (Fsp3) is 0.200. The number of rotatable bonds is 5. The first-order valence-electron chi connectivity index (χ1n) is 8.07. The summed E-state index contributed by atoms with van der Waals surface area (Å²) in [5.41, 5.74) is -1.81. The third kappa shape index (κ3) is 2.74. The molecule has 0 spiro atoms. The van der Waals surface area contributed by atoms with Crippen LogP contribution >= 0.6 is 0 Å². The molecule has 1 atom stereocenters. The first-order chi connectivity index (χ1) is 12.6. The topological polar surface area (TPSA) is 82.1 Å². The average Bonchev–Trinajstić information content (AvgIpc) is 2.68. The Balaban J connectivity index is 2.28. The molecule has 6 heteroatoms. The quantitative estimate of drug-likeness (QED) is 0.656. The van der Waals surface area contributed by atoms with E-state index in [0.717, 1.165) is 0 Å². The molecule has 6 nitrogen and oxygen atoms in total. The van der Waals surface area contributed by atoms with Crippen LogP contribution in [0.25, 0.3) is 5.76 Å². The van der Waals surface area contributed by atoms with Gasteiger partial charge in [0.05, 0.1) is 19.3 Å². The largest absolute Gasteiger partial charge is 0.497 e. The summed E-state index contributed by atoms with van der Waals surface area (Å²) < 4.78 is 16.1. The Morgan fingerprint density at radius 1 is 1.23 bits per heavy atom. The molecule has 2 aromatic carbocycles. The number of esters is 1. The summed E-state index contributed by atoms with van der Waals surface area (Å²) in [6.07, 6.45) is 0.423. The van der Waals surface area contributed by atoms with Crippen LogP contribution in [0.2, 0.25) is 0 Å². The summed E-state index contributed by atoms with van der Waals surface area (Å²) in [6, 6.07) is 13.4. The second-order valence-corrected chi connectivity index (χ2v) is 5.62. The molecule has 0 aromatic heterocycles. The Labute approximate surface area is 150 Å². The molecule has 0 amide bonds. The maximum atomic E-state index is 12.6. The first-order valence-corrected chi connectivity index (χ1v) is 8.07. The van der Waals surface area contributed by atoms with E-state index in [9.17, 15) is 14.7 Å². The van der Waals surface area contributed by atoms with Crippen LogP contribution in [0.15, 0.2) is 54.1 Å².